The van der Waals surface area contributed by atoms with Gasteiger partial charge in [-0.2, -0.15) is 5.10 Å². The largest absolute Gasteiger partial charge is 0.364 e. The summed E-state index contributed by atoms with van der Waals surface area (Å²) in [6, 6.07) is 9.74. The quantitative estimate of drug-likeness (QED) is 0.264. The maximum Gasteiger partial charge on any atom is 0.183 e. The highest BCUT2D eigenvalue weighted by molar-refractivity contribution is 7.92. The Labute approximate surface area is 225 Å². The van der Waals surface area contributed by atoms with Gasteiger partial charge in [0.25, 0.3) is 0 Å². The van der Waals surface area contributed by atoms with Crippen molar-refractivity contribution in [2.45, 2.75) is 38.5 Å². The molecule has 1 saturated carbocycles. The second-order valence-electron chi connectivity index (χ2n) is 10.3. The lowest BCUT2D eigenvalue weighted by Crippen LogP contribution is -2.35. The average Bonchev–Trinajstić information content (AvgIpc) is 3.48. The highest BCUT2D eigenvalue weighted by Gasteiger charge is 2.38. The first-order valence-electron chi connectivity index (χ1n) is 12.8. The van der Waals surface area contributed by atoms with Crippen molar-refractivity contribution in [2.75, 3.05) is 24.2 Å². The SMILES string of the molecule is CC(C)[C@H](CN(C)c1nc(-c2cc(-c3ccon3)n(Cc3ccccc3F)n2)ncc1F)CS(=O)(=O)C1CC1. The Morgan fingerprint density at radius 2 is 1.90 bits per heavy atom. The zero-order chi connectivity index (χ0) is 27.7. The molecule has 3 aromatic heterocycles. The van der Waals surface area contributed by atoms with Gasteiger partial charge in [0.15, 0.2) is 27.3 Å². The van der Waals surface area contributed by atoms with Gasteiger partial charge in [-0.25, -0.2) is 27.2 Å². The molecule has 1 aliphatic carbocycles. The molecule has 0 bridgehead atoms. The summed E-state index contributed by atoms with van der Waals surface area (Å²) in [5, 5.41) is 8.33. The molecule has 0 amide bonds. The lowest BCUT2D eigenvalue weighted by molar-refractivity contribution is 0.417. The molecule has 39 heavy (non-hydrogen) atoms. The number of benzene rings is 1. The van der Waals surface area contributed by atoms with E-state index in [1.54, 1.807) is 47.0 Å². The normalized spacial score (nSPS) is 14.6. The summed E-state index contributed by atoms with van der Waals surface area (Å²) < 4.78 is 61.2. The van der Waals surface area contributed by atoms with Gasteiger partial charge in [0.05, 0.1) is 29.4 Å². The number of hydrogen-bond donors (Lipinski definition) is 0. The van der Waals surface area contributed by atoms with E-state index in [2.05, 4.69) is 20.2 Å². The molecule has 0 saturated heterocycles. The van der Waals surface area contributed by atoms with E-state index in [1.807, 2.05) is 13.8 Å². The van der Waals surface area contributed by atoms with E-state index < -0.39 is 15.7 Å². The Hall–Kier alpha value is -3.67. The fourth-order valence-electron chi connectivity index (χ4n) is 4.49. The summed E-state index contributed by atoms with van der Waals surface area (Å²) in [6.07, 6.45) is 3.93. The molecule has 1 atom stereocenters. The maximum absolute atomic E-state index is 14.9. The van der Waals surface area contributed by atoms with E-state index in [0.717, 1.165) is 6.20 Å². The van der Waals surface area contributed by atoms with Crippen LogP contribution in [0.1, 0.15) is 32.3 Å². The minimum atomic E-state index is -3.18. The topological polar surface area (TPSA) is 107 Å². The van der Waals surface area contributed by atoms with Gasteiger partial charge in [-0.3, -0.25) is 4.68 Å². The van der Waals surface area contributed by atoms with Crippen molar-refractivity contribution < 1.29 is 21.7 Å². The van der Waals surface area contributed by atoms with E-state index in [-0.39, 0.29) is 46.8 Å². The Kier molecular flexibility index (Phi) is 7.48. The first-order valence-corrected chi connectivity index (χ1v) is 14.5. The van der Waals surface area contributed by atoms with Crippen LogP contribution in [0, 0.1) is 23.5 Å². The summed E-state index contributed by atoms with van der Waals surface area (Å²) in [5.41, 5.74) is 1.81. The molecule has 0 radical (unpaired) electrons. The molecule has 4 aromatic rings. The van der Waals surface area contributed by atoms with Crippen LogP contribution in [0.5, 0.6) is 0 Å². The monoisotopic (exact) mass is 556 g/mol. The molecule has 1 aliphatic rings. The third kappa shape index (κ3) is 6.00. The fraction of sp³-hybridized carbons (Fsp3) is 0.407. The van der Waals surface area contributed by atoms with Crippen LogP contribution in [0.25, 0.3) is 22.9 Å². The van der Waals surface area contributed by atoms with Gasteiger partial charge >= 0.3 is 0 Å². The van der Waals surface area contributed by atoms with Crippen LogP contribution in [0.15, 0.2) is 53.4 Å². The van der Waals surface area contributed by atoms with Gasteiger partial charge in [0, 0.05) is 25.2 Å². The van der Waals surface area contributed by atoms with Crippen LogP contribution < -0.4 is 4.90 Å². The molecular formula is C27H30F2N6O3S. The number of halogens is 2. The van der Waals surface area contributed by atoms with Crippen LogP contribution >= 0.6 is 0 Å². The number of hydrogen-bond acceptors (Lipinski definition) is 8. The Balaban J connectivity index is 1.44. The first kappa shape index (κ1) is 26.9. The number of sulfone groups is 1. The van der Waals surface area contributed by atoms with Crippen molar-refractivity contribution in [1.82, 2.24) is 24.9 Å². The molecule has 1 aromatic carbocycles. The first-order chi connectivity index (χ1) is 18.6. The zero-order valence-electron chi connectivity index (χ0n) is 22.0. The van der Waals surface area contributed by atoms with E-state index >= 15 is 0 Å². The summed E-state index contributed by atoms with van der Waals surface area (Å²) in [6.45, 7) is 4.37. The van der Waals surface area contributed by atoms with Gasteiger partial charge in [-0.15, -0.1) is 0 Å². The molecular weight excluding hydrogens is 526 g/mol. The van der Waals surface area contributed by atoms with E-state index in [9.17, 15) is 17.2 Å². The second kappa shape index (κ2) is 10.8. The van der Waals surface area contributed by atoms with Crippen LogP contribution in [-0.2, 0) is 16.4 Å². The maximum atomic E-state index is 14.9. The van der Waals surface area contributed by atoms with Crippen molar-refractivity contribution in [2.24, 2.45) is 11.8 Å². The van der Waals surface area contributed by atoms with E-state index in [1.165, 1.54) is 12.3 Å². The van der Waals surface area contributed by atoms with Crippen molar-refractivity contribution >= 4 is 15.7 Å². The van der Waals surface area contributed by atoms with Crippen molar-refractivity contribution in [3.63, 3.8) is 0 Å². The zero-order valence-corrected chi connectivity index (χ0v) is 22.8. The number of nitrogens with zero attached hydrogens (tertiary/aromatic N) is 6. The van der Waals surface area contributed by atoms with Gasteiger partial charge in [0.1, 0.15) is 23.5 Å². The van der Waals surface area contributed by atoms with Gasteiger partial charge in [-0.1, -0.05) is 37.2 Å². The predicted octanol–water partition coefficient (Wildman–Crippen LogP) is 4.61. The third-order valence-corrected chi connectivity index (χ3v) is 9.38. The lowest BCUT2D eigenvalue weighted by atomic mass is 9.97. The van der Waals surface area contributed by atoms with E-state index in [4.69, 9.17) is 4.52 Å². The molecule has 206 valence electrons. The Morgan fingerprint density at radius 1 is 1.13 bits per heavy atom. The molecule has 0 unspecified atom stereocenters. The summed E-state index contributed by atoms with van der Waals surface area (Å²) in [7, 11) is -1.49. The molecule has 3 heterocycles. The highest BCUT2D eigenvalue weighted by atomic mass is 32.2. The molecule has 0 aliphatic heterocycles. The van der Waals surface area contributed by atoms with Crippen LogP contribution in [0.4, 0.5) is 14.6 Å². The number of rotatable bonds is 11. The smallest absolute Gasteiger partial charge is 0.183 e. The molecule has 12 heteroatoms. The van der Waals surface area contributed by atoms with Crippen molar-refractivity contribution in [3.05, 3.63) is 66.1 Å². The minimum absolute atomic E-state index is 0.0427. The average molecular weight is 557 g/mol. The van der Waals surface area contributed by atoms with E-state index in [0.29, 0.717) is 42.0 Å². The van der Waals surface area contributed by atoms with Gasteiger partial charge < -0.3 is 9.42 Å². The number of aromatic nitrogens is 5. The van der Waals surface area contributed by atoms with Crippen molar-refractivity contribution in [1.29, 1.82) is 0 Å². The Morgan fingerprint density at radius 3 is 2.56 bits per heavy atom. The molecule has 0 spiro atoms. The number of anilines is 1. The minimum Gasteiger partial charge on any atom is -0.364 e. The molecule has 5 rings (SSSR count). The van der Waals surface area contributed by atoms with Gasteiger partial charge in [-0.05, 0) is 36.8 Å². The van der Waals surface area contributed by atoms with Crippen LogP contribution in [0.2, 0.25) is 0 Å². The van der Waals surface area contributed by atoms with Crippen LogP contribution in [0.3, 0.4) is 0 Å². The highest BCUT2D eigenvalue weighted by Crippen LogP contribution is 2.32. The summed E-state index contributed by atoms with van der Waals surface area (Å²) >= 11 is 0. The van der Waals surface area contributed by atoms with Gasteiger partial charge in [0.2, 0.25) is 0 Å². The summed E-state index contributed by atoms with van der Waals surface area (Å²) in [5.74, 6) is -0.854. The standard InChI is InChI=1S/C27H30F2N6O3S/c1-17(2)19(16-39(36,37)20-8-9-20)14-34(3)27-22(29)13-30-26(31-27)24-12-25(23-10-11-38-33-23)35(32-24)15-18-6-4-5-7-21(18)28/h4-7,10-13,17,19-20H,8-9,14-16H2,1-3H3/t19-/m1/s1. The predicted molar refractivity (Wildman–Crippen MR) is 143 cm³/mol. The third-order valence-electron chi connectivity index (χ3n) is 7.00. The van der Waals surface area contributed by atoms with Crippen molar-refractivity contribution in [3.8, 4) is 22.9 Å². The summed E-state index contributed by atoms with van der Waals surface area (Å²) in [4.78, 5) is 10.2. The molecule has 1 fully saturated rings. The lowest BCUT2D eigenvalue weighted by Gasteiger charge is -2.27. The fourth-order valence-corrected chi connectivity index (χ4v) is 6.70. The molecule has 0 N–H and O–H groups in total. The van der Waals surface area contributed by atoms with Crippen LogP contribution in [-0.4, -0.2) is 57.9 Å². The second-order valence-corrected chi connectivity index (χ2v) is 12.7. The Bertz CT molecular complexity index is 1550. The molecule has 9 nitrogen and oxygen atoms in total.